The van der Waals surface area contributed by atoms with E-state index in [1.807, 2.05) is 20.8 Å². The fraction of sp³-hybridized carbons (Fsp3) is 0.576. The fourth-order valence-electron chi connectivity index (χ4n) is 7.63. The summed E-state index contributed by atoms with van der Waals surface area (Å²) in [5.41, 5.74) is -5.12. The van der Waals surface area contributed by atoms with Gasteiger partial charge in [-0.2, -0.15) is 0 Å². The smallest absolute Gasteiger partial charge is 0.306 e. The molecule has 0 fully saturated rings. The van der Waals surface area contributed by atoms with Crippen molar-refractivity contribution in [2.45, 2.75) is 86.7 Å². The number of carbonyl (C=O) groups is 4. The minimum Gasteiger partial charge on any atom is -0.511 e. The molecule has 4 rings (SSSR count). The van der Waals surface area contributed by atoms with Crippen molar-refractivity contribution in [2.75, 3.05) is 6.61 Å². The molecule has 4 N–H and O–H groups in total. The molecular weight excluding hydrogens is 540 g/mol. The Kier molecular flexibility index (Phi) is 7.55. The number of allylic oxidation sites excluding steroid dienone is 2. The molecule has 42 heavy (non-hydrogen) atoms. The van der Waals surface area contributed by atoms with Gasteiger partial charge in [-0.25, -0.2) is 0 Å². The molecule has 9 heteroatoms. The molecule has 0 amide bonds. The minimum absolute atomic E-state index is 0.00756. The lowest BCUT2D eigenvalue weighted by molar-refractivity contribution is -0.171. The van der Waals surface area contributed by atoms with Crippen LogP contribution >= 0.6 is 0 Å². The number of aliphatic hydroxyl groups excluding tert-OH is 2. The molecule has 4 atom stereocenters. The molecule has 0 heterocycles. The van der Waals surface area contributed by atoms with Gasteiger partial charge in [-0.3, -0.25) is 19.2 Å². The third-order valence-corrected chi connectivity index (χ3v) is 9.25. The molecule has 0 saturated heterocycles. The second kappa shape index (κ2) is 10.1. The number of Topliss-reactive ketones (excluding diaryl/α,β-unsaturated/α-hetero) is 3. The van der Waals surface area contributed by atoms with Crippen LogP contribution in [0.15, 0.2) is 34.8 Å². The highest BCUT2D eigenvalue weighted by Gasteiger charge is 2.71. The molecule has 228 valence electrons. The molecule has 0 aromatic heterocycles. The number of hydrogen-bond acceptors (Lipinski definition) is 9. The Hall–Kier alpha value is -3.46. The summed E-state index contributed by atoms with van der Waals surface area (Å²) < 4.78 is 5.39. The van der Waals surface area contributed by atoms with E-state index in [0.29, 0.717) is 11.1 Å². The quantitative estimate of drug-likeness (QED) is 0.271. The van der Waals surface area contributed by atoms with Crippen LogP contribution in [-0.4, -0.2) is 56.0 Å². The van der Waals surface area contributed by atoms with Crippen LogP contribution in [0, 0.1) is 28.1 Å². The molecule has 3 aliphatic rings. The molecule has 3 aliphatic carbocycles. The van der Waals surface area contributed by atoms with E-state index in [0.717, 1.165) is 6.92 Å². The summed E-state index contributed by atoms with van der Waals surface area (Å²) in [5.74, 6) is -5.89. The van der Waals surface area contributed by atoms with Crippen molar-refractivity contribution in [3.05, 3.63) is 51.5 Å². The van der Waals surface area contributed by atoms with Crippen molar-refractivity contribution in [3.8, 4) is 5.75 Å². The number of benzene rings is 1. The Bertz CT molecular complexity index is 1460. The van der Waals surface area contributed by atoms with E-state index in [2.05, 4.69) is 0 Å². The van der Waals surface area contributed by atoms with E-state index in [-0.39, 0.29) is 60.5 Å². The molecule has 1 aromatic rings. The number of ether oxygens (including phenoxy) is 1. The van der Waals surface area contributed by atoms with Gasteiger partial charge in [0.1, 0.15) is 22.8 Å². The monoisotopic (exact) mass is 582 g/mol. The van der Waals surface area contributed by atoms with Gasteiger partial charge in [0.15, 0.2) is 17.2 Å². The maximum Gasteiger partial charge on any atom is 0.306 e. The van der Waals surface area contributed by atoms with Crippen molar-refractivity contribution < 1.29 is 44.3 Å². The van der Waals surface area contributed by atoms with E-state index < -0.39 is 62.8 Å². The maximum atomic E-state index is 14.1. The summed E-state index contributed by atoms with van der Waals surface area (Å²) >= 11 is 0. The first-order valence-corrected chi connectivity index (χ1v) is 14.4. The van der Waals surface area contributed by atoms with E-state index in [1.54, 1.807) is 33.8 Å². The molecule has 0 radical (unpaired) electrons. The number of carbonyl (C=O) groups excluding carboxylic acids is 4. The van der Waals surface area contributed by atoms with Crippen molar-refractivity contribution in [2.24, 2.45) is 28.1 Å². The van der Waals surface area contributed by atoms with Crippen LogP contribution in [0.2, 0.25) is 0 Å². The van der Waals surface area contributed by atoms with Gasteiger partial charge in [0.25, 0.3) is 0 Å². The predicted molar refractivity (Wildman–Crippen MR) is 154 cm³/mol. The van der Waals surface area contributed by atoms with Crippen molar-refractivity contribution in [1.82, 2.24) is 0 Å². The summed E-state index contributed by atoms with van der Waals surface area (Å²) in [5, 5.41) is 45.9. The van der Waals surface area contributed by atoms with Crippen LogP contribution in [0.3, 0.4) is 0 Å². The Labute approximate surface area is 246 Å². The van der Waals surface area contributed by atoms with Crippen molar-refractivity contribution in [3.63, 3.8) is 0 Å². The summed E-state index contributed by atoms with van der Waals surface area (Å²) in [6, 6.07) is 3.01. The first-order valence-electron chi connectivity index (χ1n) is 14.4. The normalized spacial score (nSPS) is 29.3. The molecular formula is C33H42O9. The molecule has 0 aliphatic heterocycles. The number of fused-ring (bicyclic) bond motifs is 3. The zero-order valence-electron chi connectivity index (χ0n) is 25.7. The second-order valence-electron chi connectivity index (χ2n) is 14.3. The van der Waals surface area contributed by atoms with Crippen molar-refractivity contribution >= 4 is 23.3 Å². The topological polar surface area (TPSA) is 158 Å². The highest BCUT2D eigenvalue weighted by molar-refractivity contribution is 6.25. The number of aryl methyl sites for hydroxylation is 1. The van der Waals surface area contributed by atoms with Crippen LogP contribution in [0.25, 0.3) is 0 Å². The Morgan fingerprint density at radius 2 is 1.71 bits per heavy atom. The lowest BCUT2D eigenvalue weighted by atomic mass is 9.44. The highest BCUT2D eigenvalue weighted by Crippen LogP contribution is 2.65. The largest absolute Gasteiger partial charge is 0.511 e. The molecule has 9 nitrogen and oxygen atoms in total. The molecule has 0 spiro atoms. The highest BCUT2D eigenvalue weighted by atomic mass is 16.5. The summed E-state index contributed by atoms with van der Waals surface area (Å²) in [4.78, 5) is 52.8. The van der Waals surface area contributed by atoms with Gasteiger partial charge in [0.2, 0.25) is 5.78 Å². The van der Waals surface area contributed by atoms with Gasteiger partial charge >= 0.3 is 5.97 Å². The number of aliphatic hydroxyl groups is 3. The first-order chi connectivity index (χ1) is 19.2. The first kappa shape index (κ1) is 31.5. The third-order valence-electron chi connectivity index (χ3n) is 9.25. The maximum absolute atomic E-state index is 14.1. The summed E-state index contributed by atoms with van der Waals surface area (Å²) in [6.07, 6.45) is 0.469. The Balaban J connectivity index is 1.85. The molecule has 1 aromatic carbocycles. The van der Waals surface area contributed by atoms with E-state index in [9.17, 15) is 39.6 Å². The lowest BCUT2D eigenvalue weighted by Crippen LogP contribution is -2.67. The molecule has 1 unspecified atom stereocenters. The SMILES string of the molecule is CC(=O)C1=C(O)C(C(C)C)[C@@]2(C)C[C@@]3(C)Cc4c(CCC(=O)OCC(C)(C)C)ccc(O)c4C(=O)C3=C(O)[C@@]2(O)C1=O. The third kappa shape index (κ3) is 4.57. The van der Waals surface area contributed by atoms with Gasteiger partial charge in [-0.1, -0.05) is 54.5 Å². The second-order valence-corrected chi connectivity index (χ2v) is 14.3. The van der Waals surface area contributed by atoms with Crippen LogP contribution in [0.5, 0.6) is 5.75 Å². The van der Waals surface area contributed by atoms with Gasteiger partial charge in [-0.15, -0.1) is 0 Å². The van der Waals surface area contributed by atoms with Gasteiger partial charge in [0.05, 0.1) is 12.2 Å². The van der Waals surface area contributed by atoms with Crippen LogP contribution < -0.4 is 0 Å². The van der Waals surface area contributed by atoms with Gasteiger partial charge < -0.3 is 25.2 Å². The minimum atomic E-state index is -2.65. The Morgan fingerprint density at radius 3 is 2.26 bits per heavy atom. The number of aromatic hydroxyl groups is 1. The molecule has 0 saturated carbocycles. The number of hydrogen-bond donors (Lipinski definition) is 4. The predicted octanol–water partition coefficient (Wildman–Crippen LogP) is 4.87. The van der Waals surface area contributed by atoms with Crippen LogP contribution in [-0.2, 0) is 32.0 Å². The number of phenols is 1. The number of ketones is 3. The number of rotatable bonds is 6. The lowest BCUT2D eigenvalue weighted by Gasteiger charge is -2.59. The van der Waals surface area contributed by atoms with Gasteiger partial charge in [-0.05, 0) is 54.7 Å². The van der Waals surface area contributed by atoms with E-state index in [4.69, 9.17) is 4.74 Å². The number of phenolic OH excluding ortho intramolecular Hbond substituents is 1. The molecule has 0 bridgehead atoms. The zero-order chi connectivity index (χ0) is 31.7. The summed E-state index contributed by atoms with van der Waals surface area (Å²) in [6.45, 7) is 14.1. The van der Waals surface area contributed by atoms with Crippen LogP contribution in [0.4, 0.5) is 0 Å². The average Bonchev–Trinajstić information content (AvgIpc) is 2.83. The fourth-order valence-corrected chi connectivity index (χ4v) is 7.63. The van der Waals surface area contributed by atoms with E-state index in [1.165, 1.54) is 6.07 Å². The van der Waals surface area contributed by atoms with Gasteiger partial charge in [0, 0.05) is 28.7 Å². The van der Waals surface area contributed by atoms with Crippen molar-refractivity contribution in [1.29, 1.82) is 0 Å². The zero-order valence-corrected chi connectivity index (χ0v) is 25.7. The van der Waals surface area contributed by atoms with Crippen LogP contribution in [0.1, 0.15) is 89.7 Å². The summed E-state index contributed by atoms with van der Waals surface area (Å²) in [7, 11) is 0. The van der Waals surface area contributed by atoms with E-state index >= 15 is 0 Å². The number of esters is 1. The Morgan fingerprint density at radius 1 is 1.10 bits per heavy atom. The standard InChI is InChI=1S/C33H42O9/c1-16(2)24-26(37)22(17(3)34)28(39)33(41)29(40)25-27(38)23-19(13-31(25,7)14-32(24,33)8)18(9-11-20(23)35)10-12-21(36)42-15-30(4,5)6/h9,11,16,24,35,37,40-41H,10,12-15H2,1-8H3/t24?,31-,32-,33+/m1/s1. The average molecular weight is 583 g/mol.